The largest absolute Gasteiger partial charge is 0.465 e. The summed E-state index contributed by atoms with van der Waals surface area (Å²) in [7, 11) is 1.31. The highest BCUT2D eigenvalue weighted by molar-refractivity contribution is 7.10. The molecule has 0 aliphatic carbocycles. The first-order valence-corrected chi connectivity index (χ1v) is 8.26. The molecular formula is C17H19NO5S. The molecule has 0 unspecified atom stereocenters. The Balaban J connectivity index is 1.96. The monoisotopic (exact) mass is 349 g/mol. The van der Waals surface area contributed by atoms with Crippen LogP contribution in [0.15, 0.2) is 41.8 Å². The number of nitrogens with one attached hydrogen (secondary N) is 1. The zero-order chi connectivity index (χ0) is 17.4. The number of amides is 1. The lowest BCUT2D eigenvalue weighted by Gasteiger charge is -2.17. The van der Waals surface area contributed by atoms with Gasteiger partial charge in [0.1, 0.15) is 6.10 Å². The van der Waals surface area contributed by atoms with Crippen molar-refractivity contribution >= 4 is 23.2 Å². The van der Waals surface area contributed by atoms with Gasteiger partial charge in [-0.15, -0.1) is 11.3 Å². The maximum atomic E-state index is 12.2. The summed E-state index contributed by atoms with van der Waals surface area (Å²) in [5.74, 6) is -0.710. The van der Waals surface area contributed by atoms with Gasteiger partial charge in [-0.3, -0.25) is 4.79 Å². The van der Waals surface area contributed by atoms with Crippen LogP contribution >= 0.6 is 11.3 Å². The van der Waals surface area contributed by atoms with E-state index in [1.807, 2.05) is 17.5 Å². The average Bonchev–Trinajstić information content (AvgIpc) is 3.15. The number of benzene rings is 1. The Morgan fingerprint density at radius 3 is 2.50 bits per heavy atom. The highest BCUT2D eigenvalue weighted by Crippen LogP contribution is 2.22. The van der Waals surface area contributed by atoms with Crippen molar-refractivity contribution in [3.8, 4) is 0 Å². The number of esters is 1. The summed E-state index contributed by atoms with van der Waals surface area (Å²) in [6, 6.07) is 10.0. The van der Waals surface area contributed by atoms with Crippen LogP contribution in [0, 0.1) is 0 Å². The Hall–Kier alpha value is -2.22. The zero-order valence-corrected chi connectivity index (χ0v) is 14.0. The first-order valence-electron chi connectivity index (χ1n) is 7.38. The van der Waals surface area contributed by atoms with Crippen molar-refractivity contribution in [2.45, 2.75) is 6.10 Å². The number of ether oxygens (including phenoxy) is 2. The molecule has 0 aliphatic heterocycles. The Morgan fingerprint density at radius 2 is 1.92 bits per heavy atom. The number of aliphatic hydroxyl groups excluding tert-OH is 1. The van der Waals surface area contributed by atoms with Crippen LogP contribution in [0.3, 0.4) is 0 Å². The van der Waals surface area contributed by atoms with Crippen molar-refractivity contribution in [3.05, 3.63) is 57.8 Å². The van der Waals surface area contributed by atoms with Gasteiger partial charge in [0, 0.05) is 17.0 Å². The molecule has 6 nitrogen and oxygen atoms in total. The van der Waals surface area contributed by atoms with E-state index in [2.05, 4.69) is 10.1 Å². The molecule has 2 rings (SSSR count). The van der Waals surface area contributed by atoms with E-state index in [0.29, 0.717) is 11.1 Å². The molecule has 0 radical (unpaired) electrons. The molecule has 1 aromatic heterocycles. The molecule has 0 saturated carbocycles. The lowest BCUT2D eigenvalue weighted by Crippen LogP contribution is -2.29. The molecule has 0 aliphatic rings. The van der Waals surface area contributed by atoms with E-state index in [1.54, 1.807) is 24.3 Å². The quantitative estimate of drug-likeness (QED) is 0.712. The first-order chi connectivity index (χ1) is 11.7. The van der Waals surface area contributed by atoms with E-state index in [4.69, 9.17) is 9.84 Å². The van der Waals surface area contributed by atoms with E-state index in [-0.39, 0.29) is 31.8 Å². The third-order valence-electron chi connectivity index (χ3n) is 3.29. The van der Waals surface area contributed by atoms with Gasteiger partial charge in [-0.1, -0.05) is 6.07 Å². The smallest absolute Gasteiger partial charge is 0.337 e. The SMILES string of the molecule is COC(=O)c1ccc(C(=O)NC[C@@H](OCCO)c2cccs2)cc1. The second-order valence-corrected chi connectivity index (χ2v) is 5.86. The maximum absolute atomic E-state index is 12.2. The molecule has 0 fully saturated rings. The van der Waals surface area contributed by atoms with Crippen molar-refractivity contribution < 1.29 is 24.2 Å². The fraction of sp³-hybridized carbons (Fsp3) is 0.294. The number of hydrogen-bond donors (Lipinski definition) is 2. The second-order valence-electron chi connectivity index (χ2n) is 4.88. The maximum Gasteiger partial charge on any atom is 0.337 e. The Labute approximate surface area is 144 Å². The van der Waals surface area contributed by atoms with Crippen LogP contribution in [0.5, 0.6) is 0 Å². The molecule has 0 bridgehead atoms. The zero-order valence-electron chi connectivity index (χ0n) is 13.2. The molecule has 1 heterocycles. The van der Waals surface area contributed by atoms with Crippen LogP contribution in [0.25, 0.3) is 0 Å². The molecule has 7 heteroatoms. The molecule has 1 aromatic carbocycles. The fourth-order valence-corrected chi connectivity index (χ4v) is 2.85. The fourth-order valence-electron chi connectivity index (χ4n) is 2.07. The number of carbonyl (C=O) groups excluding carboxylic acids is 2. The van der Waals surface area contributed by atoms with Gasteiger partial charge in [0.15, 0.2) is 0 Å². The van der Waals surface area contributed by atoms with Crippen LogP contribution in [-0.2, 0) is 9.47 Å². The van der Waals surface area contributed by atoms with Crippen LogP contribution in [0.1, 0.15) is 31.7 Å². The highest BCUT2D eigenvalue weighted by atomic mass is 32.1. The Morgan fingerprint density at radius 1 is 1.21 bits per heavy atom. The van der Waals surface area contributed by atoms with Crippen LogP contribution in [-0.4, -0.2) is 43.9 Å². The summed E-state index contributed by atoms with van der Waals surface area (Å²) >= 11 is 1.53. The average molecular weight is 349 g/mol. The van der Waals surface area contributed by atoms with Crippen LogP contribution < -0.4 is 5.32 Å². The molecule has 0 spiro atoms. The number of aliphatic hydroxyl groups is 1. The minimum absolute atomic E-state index is 0.0786. The third kappa shape index (κ3) is 4.89. The van der Waals surface area contributed by atoms with Gasteiger partial charge in [-0.2, -0.15) is 0 Å². The number of hydrogen-bond acceptors (Lipinski definition) is 6. The topological polar surface area (TPSA) is 84.9 Å². The molecule has 1 atom stereocenters. The predicted molar refractivity (Wildman–Crippen MR) is 90.2 cm³/mol. The molecule has 128 valence electrons. The highest BCUT2D eigenvalue weighted by Gasteiger charge is 2.15. The Kier molecular flexibility index (Phi) is 6.92. The van der Waals surface area contributed by atoms with E-state index in [1.165, 1.54) is 18.4 Å². The van der Waals surface area contributed by atoms with Gasteiger partial charge in [0.2, 0.25) is 0 Å². The first kappa shape index (κ1) is 18.1. The molecular weight excluding hydrogens is 330 g/mol. The van der Waals surface area contributed by atoms with Gasteiger partial charge in [0.05, 0.1) is 25.9 Å². The van der Waals surface area contributed by atoms with Gasteiger partial charge in [-0.05, 0) is 35.7 Å². The number of thiophene rings is 1. The van der Waals surface area contributed by atoms with Gasteiger partial charge >= 0.3 is 5.97 Å². The number of rotatable bonds is 8. The normalized spacial score (nSPS) is 11.8. The standard InChI is InChI=1S/C17H19NO5S/c1-22-17(21)13-6-4-12(5-7-13)16(20)18-11-14(23-9-8-19)15-3-2-10-24-15/h2-7,10,14,19H,8-9,11H2,1H3,(H,18,20)/t14-/m1/s1. The lowest BCUT2D eigenvalue weighted by atomic mass is 10.1. The van der Waals surface area contributed by atoms with Gasteiger partial charge in [0.25, 0.3) is 5.91 Å². The summed E-state index contributed by atoms with van der Waals surface area (Å²) < 4.78 is 10.2. The summed E-state index contributed by atoms with van der Waals surface area (Å²) in [6.45, 7) is 0.412. The van der Waals surface area contributed by atoms with E-state index in [0.717, 1.165) is 4.88 Å². The van der Waals surface area contributed by atoms with Crippen molar-refractivity contribution in [2.75, 3.05) is 26.9 Å². The van der Waals surface area contributed by atoms with E-state index < -0.39 is 5.97 Å². The molecule has 2 N–H and O–H groups in total. The van der Waals surface area contributed by atoms with E-state index >= 15 is 0 Å². The third-order valence-corrected chi connectivity index (χ3v) is 4.25. The number of methoxy groups -OCH3 is 1. The molecule has 0 saturated heterocycles. The number of carbonyl (C=O) groups is 2. The van der Waals surface area contributed by atoms with Crippen molar-refractivity contribution in [3.63, 3.8) is 0 Å². The summed E-state index contributed by atoms with van der Waals surface area (Å²) in [5, 5.41) is 13.6. The lowest BCUT2D eigenvalue weighted by molar-refractivity contribution is 0.0296. The summed E-state index contributed by atoms with van der Waals surface area (Å²) in [5.41, 5.74) is 0.825. The predicted octanol–water partition coefficient (Wildman–Crippen LogP) is 2.01. The molecule has 1 amide bonds. The van der Waals surface area contributed by atoms with Gasteiger partial charge < -0.3 is 19.9 Å². The van der Waals surface area contributed by atoms with E-state index in [9.17, 15) is 9.59 Å². The van der Waals surface area contributed by atoms with Crippen molar-refractivity contribution in [1.82, 2.24) is 5.32 Å². The summed E-state index contributed by atoms with van der Waals surface area (Å²) in [6.07, 6.45) is -0.310. The van der Waals surface area contributed by atoms with Crippen LogP contribution in [0.2, 0.25) is 0 Å². The Bertz CT molecular complexity index is 654. The second kappa shape index (κ2) is 9.17. The minimum atomic E-state index is -0.447. The van der Waals surface area contributed by atoms with Gasteiger partial charge in [-0.25, -0.2) is 4.79 Å². The van der Waals surface area contributed by atoms with Crippen molar-refractivity contribution in [2.24, 2.45) is 0 Å². The summed E-state index contributed by atoms with van der Waals surface area (Å²) in [4.78, 5) is 24.6. The molecule has 24 heavy (non-hydrogen) atoms. The van der Waals surface area contributed by atoms with Crippen LogP contribution in [0.4, 0.5) is 0 Å². The molecule has 2 aromatic rings. The minimum Gasteiger partial charge on any atom is -0.465 e. The van der Waals surface area contributed by atoms with Crippen molar-refractivity contribution in [1.29, 1.82) is 0 Å².